The maximum atomic E-state index is 11.6. The molecule has 0 spiro atoms. The summed E-state index contributed by atoms with van der Waals surface area (Å²) >= 11 is 0. The van der Waals surface area contributed by atoms with Crippen LogP contribution in [0.5, 0.6) is 0 Å². The highest BCUT2D eigenvalue weighted by Crippen LogP contribution is 2.06. The minimum absolute atomic E-state index is 0.0645. The van der Waals surface area contributed by atoms with Crippen LogP contribution in [0.25, 0.3) is 0 Å². The van der Waals surface area contributed by atoms with Crippen molar-refractivity contribution in [3.8, 4) is 0 Å². The molecule has 4 heteroatoms. The average molecular weight is 214 g/mol. The van der Waals surface area contributed by atoms with Crippen molar-refractivity contribution in [3.63, 3.8) is 0 Å². The van der Waals surface area contributed by atoms with Crippen LogP contribution in [0.15, 0.2) is 0 Å². The van der Waals surface area contributed by atoms with E-state index in [-0.39, 0.29) is 11.9 Å². The topological polar surface area (TPSA) is 53.0 Å². The van der Waals surface area contributed by atoms with E-state index in [1.807, 2.05) is 6.92 Å². The van der Waals surface area contributed by atoms with Crippen LogP contribution in [0.1, 0.15) is 26.7 Å². The minimum atomic E-state index is 0.0645. The van der Waals surface area contributed by atoms with Gasteiger partial charge in [-0.15, -0.1) is 0 Å². The predicted molar refractivity (Wildman–Crippen MR) is 63.1 cm³/mol. The number of carbonyl (C=O) groups excluding carboxylic acids is 1. The van der Waals surface area contributed by atoms with Gasteiger partial charge in [-0.2, -0.15) is 0 Å². The molecule has 0 aliphatic heterocycles. The molecule has 15 heavy (non-hydrogen) atoms. The van der Waals surface area contributed by atoms with Crippen molar-refractivity contribution in [2.45, 2.75) is 38.8 Å². The van der Waals surface area contributed by atoms with Crippen LogP contribution in [0, 0.1) is 5.41 Å². The van der Waals surface area contributed by atoms with E-state index in [1.54, 1.807) is 0 Å². The van der Waals surface area contributed by atoms with Crippen LogP contribution in [0.2, 0.25) is 0 Å². The van der Waals surface area contributed by atoms with Gasteiger partial charge in [-0.1, -0.05) is 0 Å². The number of quaternary nitrogens is 1. The first-order valence-electron chi connectivity index (χ1n) is 5.36. The third-order valence-corrected chi connectivity index (χ3v) is 2.68. The summed E-state index contributed by atoms with van der Waals surface area (Å²) in [7, 11) is 6.25. The maximum Gasteiger partial charge on any atom is 0.226 e. The fourth-order valence-corrected chi connectivity index (χ4v) is 1.11. The largest absolute Gasteiger partial charge is 0.353 e. The molecule has 4 nitrogen and oxygen atoms in total. The molecule has 0 bridgehead atoms. The summed E-state index contributed by atoms with van der Waals surface area (Å²) in [6.45, 7) is 3.99. The lowest BCUT2D eigenvalue weighted by Gasteiger charge is -2.31. The van der Waals surface area contributed by atoms with E-state index in [4.69, 9.17) is 5.41 Å². The van der Waals surface area contributed by atoms with Gasteiger partial charge in [-0.05, 0) is 20.1 Å². The molecule has 0 rings (SSSR count). The number of hydrogen-bond donors (Lipinski definition) is 2. The molecule has 0 aliphatic rings. The number of nitrogens with zero attached hydrogens (tertiary/aromatic N) is 1. The highest BCUT2D eigenvalue weighted by molar-refractivity contribution is 5.77. The van der Waals surface area contributed by atoms with Crippen LogP contribution in [0.4, 0.5) is 0 Å². The lowest BCUT2D eigenvalue weighted by molar-refractivity contribution is -0.893. The Labute approximate surface area is 92.8 Å². The second-order valence-electron chi connectivity index (χ2n) is 5.08. The fraction of sp³-hybridized carbons (Fsp3) is 0.818. The Balaban J connectivity index is 3.99. The molecular weight excluding hydrogens is 190 g/mol. The van der Waals surface area contributed by atoms with Crippen molar-refractivity contribution in [1.82, 2.24) is 5.32 Å². The summed E-state index contributed by atoms with van der Waals surface area (Å²) in [4.78, 5) is 11.6. The van der Waals surface area contributed by atoms with Crippen LogP contribution in [0.3, 0.4) is 0 Å². The van der Waals surface area contributed by atoms with Crippen LogP contribution in [-0.2, 0) is 4.79 Å². The minimum Gasteiger partial charge on any atom is -0.353 e. The van der Waals surface area contributed by atoms with Crippen molar-refractivity contribution in [2.24, 2.45) is 0 Å². The van der Waals surface area contributed by atoms with E-state index in [0.717, 1.165) is 4.48 Å². The van der Waals surface area contributed by atoms with Gasteiger partial charge in [0.1, 0.15) is 0 Å². The Morgan fingerprint density at radius 1 is 1.40 bits per heavy atom. The highest BCUT2D eigenvalue weighted by atomic mass is 16.1. The Morgan fingerprint density at radius 3 is 2.33 bits per heavy atom. The highest BCUT2D eigenvalue weighted by Gasteiger charge is 2.21. The lowest BCUT2D eigenvalue weighted by atomic mass is 10.1. The molecule has 0 saturated carbocycles. The van der Waals surface area contributed by atoms with E-state index in [2.05, 4.69) is 33.4 Å². The first-order valence-corrected chi connectivity index (χ1v) is 5.36. The number of nitrogens with one attached hydrogen (secondary N) is 2. The van der Waals surface area contributed by atoms with Gasteiger partial charge in [0, 0.05) is 12.5 Å². The zero-order valence-electron chi connectivity index (χ0n) is 10.5. The molecule has 0 heterocycles. The molecule has 0 aromatic rings. The second kappa shape index (κ2) is 5.85. The molecule has 88 valence electrons. The molecule has 1 amide bonds. The van der Waals surface area contributed by atoms with Crippen LogP contribution < -0.4 is 5.32 Å². The summed E-state index contributed by atoms with van der Waals surface area (Å²) in [5.74, 6) is 0.0740. The van der Waals surface area contributed by atoms with E-state index in [0.29, 0.717) is 18.9 Å². The third-order valence-electron chi connectivity index (χ3n) is 2.68. The monoisotopic (exact) mass is 214 g/mol. The summed E-state index contributed by atoms with van der Waals surface area (Å²) in [6, 6.07) is 0.367. The third kappa shape index (κ3) is 6.23. The summed E-state index contributed by atoms with van der Waals surface area (Å²) in [5.41, 5.74) is 0. The molecule has 0 fully saturated rings. The lowest BCUT2D eigenvalue weighted by Crippen LogP contribution is -2.46. The molecule has 0 aromatic carbocycles. The normalized spacial score (nSPS) is 15.5. The van der Waals surface area contributed by atoms with E-state index in [1.165, 1.54) is 6.21 Å². The van der Waals surface area contributed by atoms with E-state index in [9.17, 15) is 4.79 Å². The number of rotatable bonds is 6. The Morgan fingerprint density at radius 2 is 1.93 bits per heavy atom. The zero-order valence-corrected chi connectivity index (χ0v) is 10.5. The SMILES string of the molecule is CC(CC(=O)N[C@@H](C)CC=N)[N+](C)(C)C. The quantitative estimate of drug-likeness (QED) is 0.503. The van der Waals surface area contributed by atoms with Crippen molar-refractivity contribution in [1.29, 1.82) is 5.41 Å². The van der Waals surface area contributed by atoms with Crippen molar-refractivity contribution >= 4 is 12.1 Å². The molecular formula is C11H24N3O+. The molecule has 0 saturated heterocycles. The van der Waals surface area contributed by atoms with E-state index < -0.39 is 0 Å². The van der Waals surface area contributed by atoms with Gasteiger partial charge >= 0.3 is 0 Å². The zero-order chi connectivity index (χ0) is 12.1. The Hall–Kier alpha value is -0.900. The summed E-state index contributed by atoms with van der Waals surface area (Å²) < 4.78 is 0.784. The number of carbonyl (C=O) groups is 1. The fourth-order valence-electron chi connectivity index (χ4n) is 1.11. The van der Waals surface area contributed by atoms with Gasteiger partial charge in [-0.25, -0.2) is 0 Å². The molecule has 0 aliphatic carbocycles. The Bertz CT molecular complexity index is 220. The molecule has 2 N–H and O–H groups in total. The molecule has 0 radical (unpaired) electrons. The van der Waals surface area contributed by atoms with Crippen LogP contribution >= 0.6 is 0 Å². The van der Waals surface area contributed by atoms with Gasteiger partial charge < -0.3 is 15.2 Å². The van der Waals surface area contributed by atoms with Gasteiger partial charge in [0.15, 0.2) is 0 Å². The molecule has 1 unspecified atom stereocenters. The number of amides is 1. The second-order valence-corrected chi connectivity index (χ2v) is 5.08. The smallest absolute Gasteiger partial charge is 0.226 e. The summed E-state index contributed by atoms with van der Waals surface area (Å²) in [5, 5.41) is 9.82. The summed E-state index contributed by atoms with van der Waals surface area (Å²) in [6.07, 6.45) is 2.46. The first kappa shape index (κ1) is 14.1. The van der Waals surface area contributed by atoms with Gasteiger partial charge in [0.25, 0.3) is 0 Å². The average Bonchev–Trinajstić information content (AvgIpc) is 2.01. The predicted octanol–water partition coefficient (Wildman–Crippen LogP) is 1.02. The van der Waals surface area contributed by atoms with Crippen LogP contribution in [-0.4, -0.2) is 49.8 Å². The molecule has 0 aromatic heterocycles. The van der Waals surface area contributed by atoms with Crippen molar-refractivity contribution in [2.75, 3.05) is 21.1 Å². The van der Waals surface area contributed by atoms with Gasteiger partial charge in [0.05, 0.1) is 33.6 Å². The van der Waals surface area contributed by atoms with Crippen molar-refractivity contribution in [3.05, 3.63) is 0 Å². The Kier molecular flexibility index (Phi) is 5.50. The molecule has 2 atom stereocenters. The number of hydrogen-bond acceptors (Lipinski definition) is 2. The van der Waals surface area contributed by atoms with Gasteiger partial charge in [0.2, 0.25) is 5.91 Å². The standard InChI is InChI=1S/C11H23N3O/c1-9(6-7-12)13-11(15)8-10(2)14(3,4)5/h7,9-10,12H,6,8H2,1-5H3/p+1/t9-,10?/m0/s1. The maximum absolute atomic E-state index is 11.6. The first-order chi connectivity index (χ1) is 6.77. The van der Waals surface area contributed by atoms with E-state index >= 15 is 0 Å². The van der Waals surface area contributed by atoms with Gasteiger partial charge in [-0.3, -0.25) is 4.79 Å². The van der Waals surface area contributed by atoms with Crippen molar-refractivity contribution < 1.29 is 9.28 Å².